The second-order valence-electron chi connectivity index (χ2n) is 15.2. The molecule has 0 saturated carbocycles. The van der Waals surface area contributed by atoms with Crippen LogP contribution >= 0.6 is 34.5 Å². The Morgan fingerprint density at radius 2 is 1.16 bits per heavy atom. The minimum atomic E-state index is -1.70. The maximum Gasteiger partial charge on any atom is 0.339 e. The highest BCUT2D eigenvalue weighted by molar-refractivity contribution is 7.16. The molecule has 18 heteroatoms. The van der Waals surface area contributed by atoms with Crippen LogP contribution in [0.5, 0.6) is 11.5 Å². The monoisotopic (exact) mass is 918 g/mol. The molecule has 63 heavy (non-hydrogen) atoms. The molecular formula is C45H40Cl2N2O13S. The second-order valence-corrected chi connectivity index (χ2v) is 16.9. The Labute approximate surface area is 374 Å². The molecule has 4 heterocycles. The van der Waals surface area contributed by atoms with Gasteiger partial charge in [-0.05, 0) is 34.0 Å². The summed E-state index contributed by atoms with van der Waals surface area (Å²) in [6.45, 7) is 3.73. The number of aromatic hydroxyl groups is 1. The second kappa shape index (κ2) is 17.7. The fourth-order valence-electron chi connectivity index (χ4n) is 8.71. The predicted octanol–water partition coefficient (Wildman–Crippen LogP) is 6.80. The van der Waals surface area contributed by atoms with E-state index >= 15 is 0 Å². The van der Waals surface area contributed by atoms with Crippen LogP contribution < -0.4 is 14.5 Å². The van der Waals surface area contributed by atoms with Crippen LogP contribution in [-0.4, -0.2) is 103 Å². The number of esters is 4. The zero-order chi connectivity index (χ0) is 44.9. The molecule has 1 unspecified atom stereocenters. The van der Waals surface area contributed by atoms with E-state index in [0.29, 0.717) is 32.4 Å². The molecule has 0 radical (unpaired) electrons. The largest absolute Gasteiger partial charge is 0.507 e. The van der Waals surface area contributed by atoms with E-state index in [2.05, 4.69) is 0 Å². The van der Waals surface area contributed by atoms with Gasteiger partial charge in [-0.15, -0.1) is 34.5 Å². The van der Waals surface area contributed by atoms with E-state index in [1.54, 1.807) is 52.3 Å². The summed E-state index contributed by atoms with van der Waals surface area (Å²) in [5.74, 6) is -4.27. The number of fused-ring (bicyclic) bond motifs is 6. The lowest BCUT2D eigenvalue weighted by atomic mass is 9.95. The van der Waals surface area contributed by atoms with E-state index in [1.807, 2.05) is 30.3 Å². The number of rotatable bonds is 10. The highest BCUT2D eigenvalue weighted by atomic mass is 35.5. The summed E-state index contributed by atoms with van der Waals surface area (Å²) in [6, 6.07) is 20.9. The number of carbonyl (C=O) groups excluding carboxylic acids is 6. The molecule has 1 N–H and O–H groups in total. The van der Waals surface area contributed by atoms with Gasteiger partial charge in [-0.2, -0.15) is 0 Å². The van der Waals surface area contributed by atoms with Crippen LogP contribution in [-0.2, 0) is 42.9 Å². The Kier molecular flexibility index (Phi) is 12.3. The molecule has 1 fully saturated rings. The average molecular weight is 920 g/mol. The number of methoxy groups -OCH3 is 1. The number of halogens is 2. The van der Waals surface area contributed by atoms with Gasteiger partial charge < -0.3 is 43.3 Å². The molecule has 1 saturated heterocycles. The van der Waals surface area contributed by atoms with Gasteiger partial charge in [0.1, 0.15) is 11.5 Å². The van der Waals surface area contributed by atoms with Gasteiger partial charge in [0.05, 0.1) is 28.2 Å². The summed E-state index contributed by atoms with van der Waals surface area (Å²) >= 11 is 14.0. The standard InChI is InChI=1S/C45H40Cl2N2O13S/c1-21(50)58-38-39(59-22(2)51)41(60-23(3)52)45(62-40(38)44(56)57-4)61-33-16-31-37(29-12-8-6-10-27(29)33)25(18-47)20-49(31)43(55)35-14-13-34(63-35)42(54)48-19-24(17-46)36-28-11-7-5-9-26(28)32(53)15-30(36)48/h5-16,24-25,38-41,45,53H,17-20H2,1-4H3/t24-,25-,38+,39+,40?,41-,45-/m1/s1. The Bertz CT molecular complexity index is 2690. The first kappa shape index (κ1) is 43.7. The summed E-state index contributed by atoms with van der Waals surface area (Å²) in [4.78, 5) is 82.8. The fraction of sp³-hybridized carbons (Fsp3) is 0.333. The first-order valence-electron chi connectivity index (χ1n) is 19.8. The number of thiophene rings is 1. The number of anilines is 2. The molecule has 15 nitrogen and oxygen atoms in total. The Morgan fingerprint density at radius 3 is 1.68 bits per heavy atom. The van der Waals surface area contributed by atoms with Crippen molar-refractivity contribution in [3.05, 3.63) is 93.7 Å². The molecule has 1 aromatic heterocycles. The number of nitrogens with zero attached hydrogens (tertiary/aromatic N) is 2. The highest BCUT2D eigenvalue weighted by Crippen LogP contribution is 2.48. The minimum Gasteiger partial charge on any atom is -0.507 e. The SMILES string of the molecule is COC(=O)C1O[C@@H](Oc2cc3c(c4ccccc24)[C@H](CCl)CN3C(=O)c2ccc(C(=O)N3C[C@@H](CCl)c4c3cc(O)c3ccccc43)s2)[C@H](OC(C)=O)[C@@H](OC(C)=O)[C@@H]1OC(C)=O. The summed E-state index contributed by atoms with van der Waals surface area (Å²) in [6.07, 6.45) is -8.13. The van der Waals surface area contributed by atoms with Crippen molar-refractivity contribution in [1.29, 1.82) is 0 Å². The molecule has 5 aromatic rings. The predicted molar refractivity (Wildman–Crippen MR) is 232 cm³/mol. The summed E-state index contributed by atoms with van der Waals surface area (Å²) in [5.41, 5.74) is 2.61. The number of ether oxygens (including phenoxy) is 6. The van der Waals surface area contributed by atoms with E-state index in [1.165, 1.54) is 0 Å². The van der Waals surface area contributed by atoms with Crippen molar-refractivity contribution in [3.8, 4) is 11.5 Å². The van der Waals surface area contributed by atoms with Crippen LogP contribution in [0.4, 0.5) is 11.4 Å². The molecule has 2 amide bonds. The van der Waals surface area contributed by atoms with Gasteiger partial charge in [-0.3, -0.25) is 24.0 Å². The van der Waals surface area contributed by atoms with Gasteiger partial charge in [0.15, 0.2) is 18.3 Å². The van der Waals surface area contributed by atoms with Crippen molar-refractivity contribution in [1.82, 2.24) is 0 Å². The number of alkyl halides is 2. The summed E-state index contributed by atoms with van der Waals surface area (Å²) in [7, 11) is 1.08. The summed E-state index contributed by atoms with van der Waals surface area (Å²) in [5, 5.41) is 13.6. The highest BCUT2D eigenvalue weighted by Gasteiger charge is 2.56. The molecular weight excluding hydrogens is 879 g/mol. The molecule has 8 rings (SSSR count). The maximum atomic E-state index is 14.6. The molecule has 328 valence electrons. The molecule has 0 bridgehead atoms. The lowest BCUT2D eigenvalue weighted by Crippen LogP contribution is -2.64. The van der Waals surface area contributed by atoms with Gasteiger partial charge >= 0.3 is 23.9 Å². The molecule has 4 aromatic carbocycles. The van der Waals surface area contributed by atoms with Crippen LogP contribution in [0.1, 0.15) is 63.1 Å². The number of phenols is 1. The van der Waals surface area contributed by atoms with Crippen molar-refractivity contribution in [3.63, 3.8) is 0 Å². The minimum absolute atomic E-state index is 0.0347. The van der Waals surface area contributed by atoms with E-state index in [-0.39, 0.29) is 59.0 Å². The zero-order valence-corrected chi connectivity index (χ0v) is 36.5. The van der Waals surface area contributed by atoms with Crippen LogP contribution in [0.3, 0.4) is 0 Å². The van der Waals surface area contributed by atoms with Crippen molar-refractivity contribution in [2.24, 2.45) is 0 Å². The topological polar surface area (TPSA) is 185 Å². The van der Waals surface area contributed by atoms with Crippen LogP contribution in [0, 0.1) is 0 Å². The number of benzene rings is 4. The number of carbonyl (C=O) groups is 6. The van der Waals surface area contributed by atoms with Crippen molar-refractivity contribution >= 4 is 103 Å². The molecule has 0 aliphatic carbocycles. The molecule has 0 spiro atoms. The van der Waals surface area contributed by atoms with E-state index in [4.69, 9.17) is 51.6 Å². The average Bonchev–Trinajstić information content (AvgIpc) is 4.01. The van der Waals surface area contributed by atoms with Gasteiger partial charge in [-0.1, -0.05) is 48.5 Å². The molecule has 3 aliphatic rings. The Hall–Kier alpha value is -5.94. The van der Waals surface area contributed by atoms with Crippen LogP contribution in [0.25, 0.3) is 21.5 Å². The van der Waals surface area contributed by atoms with E-state index in [0.717, 1.165) is 55.7 Å². The number of hydrogen-bond donors (Lipinski definition) is 1. The van der Waals surface area contributed by atoms with Gasteiger partial charge in [0.25, 0.3) is 11.8 Å². The van der Waals surface area contributed by atoms with Gasteiger partial charge in [-0.25, -0.2) is 4.79 Å². The lowest BCUT2D eigenvalue weighted by molar-refractivity contribution is -0.282. The quantitative estimate of drug-likeness (QED) is 0.0878. The first-order chi connectivity index (χ1) is 30.2. The van der Waals surface area contributed by atoms with Crippen molar-refractivity contribution in [2.75, 3.05) is 41.8 Å². The van der Waals surface area contributed by atoms with Crippen LogP contribution in [0.15, 0.2) is 72.8 Å². The lowest BCUT2D eigenvalue weighted by Gasteiger charge is -2.43. The van der Waals surface area contributed by atoms with Gasteiger partial charge in [0, 0.05) is 80.4 Å². The number of phenolic OH excluding ortho intramolecular Hbond substituents is 1. The molecule has 3 aliphatic heterocycles. The smallest absolute Gasteiger partial charge is 0.339 e. The molecule has 7 atom stereocenters. The van der Waals surface area contributed by atoms with Crippen LogP contribution in [0.2, 0.25) is 0 Å². The first-order valence-corrected chi connectivity index (χ1v) is 21.7. The Morgan fingerprint density at radius 1 is 0.683 bits per heavy atom. The fourth-order valence-corrected chi connectivity index (χ4v) is 10.1. The van der Waals surface area contributed by atoms with Gasteiger partial charge in [0.2, 0.25) is 12.4 Å². The number of hydrogen-bond acceptors (Lipinski definition) is 14. The number of amides is 2. The third kappa shape index (κ3) is 8.01. The van der Waals surface area contributed by atoms with Crippen molar-refractivity contribution < 1.29 is 62.3 Å². The summed E-state index contributed by atoms with van der Waals surface area (Å²) < 4.78 is 34.0. The van der Waals surface area contributed by atoms with E-state index in [9.17, 15) is 33.9 Å². The third-order valence-corrected chi connectivity index (χ3v) is 13.0. The zero-order valence-electron chi connectivity index (χ0n) is 34.2. The Balaban J connectivity index is 1.15. The third-order valence-electron chi connectivity index (χ3n) is 11.2. The maximum absolute atomic E-state index is 14.6. The van der Waals surface area contributed by atoms with E-state index < -0.39 is 60.5 Å². The van der Waals surface area contributed by atoms with Crippen molar-refractivity contribution in [2.45, 2.75) is 63.3 Å². The normalized spacial score (nSPS) is 22.6.